The van der Waals surface area contributed by atoms with E-state index in [2.05, 4.69) is 4.98 Å². The predicted molar refractivity (Wildman–Crippen MR) is 73.1 cm³/mol. The zero-order chi connectivity index (χ0) is 14.0. The van der Waals surface area contributed by atoms with Crippen molar-refractivity contribution in [3.8, 4) is 11.6 Å². The van der Waals surface area contributed by atoms with Crippen molar-refractivity contribution in [3.05, 3.63) is 51.9 Å². The molecule has 0 aliphatic carbocycles. The van der Waals surface area contributed by atoms with Gasteiger partial charge in [-0.3, -0.25) is 0 Å². The topological polar surface area (TPSA) is 48.1 Å². The second kappa shape index (κ2) is 5.55. The van der Waals surface area contributed by atoms with Gasteiger partial charge in [0.15, 0.2) is 0 Å². The normalized spacial score (nSPS) is 10.6. The summed E-state index contributed by atoms with van der Waals surface area (Å²) in [4.78, 5) is 4.29. The van der Waals surface area contributed by atoms with Gasteiger partial charge in [0.25, 0.3) is 0 Å². The van der Waals surface area contributed by atoms with Gasteiger partial charge in [0.05, 0.1) is 5.02 Å². The van der Waals surface area contributed by atoms with Gasteiger partial charge in [0.1, 0.15) is 11.6 Å². The second-order valence-corrected chi connectivity index (χ2v) is 4.65. The number of rotatable bonds is 3. The largest absolute Gasteiger partial charge is 0.439 e. The summed E-state index contributed by atoms with van der Waals surface area (Å²) in [5.41, 5.74) is 8.32. The summed E-state index contributed by atoms with van der Waals surface area (Å²) in [6, 6.07) is 6.18. The minimum Gasteiger partial charge on any atom is -0.439 e. The Labute approximate surface area is 116 Å². The van der Waals surface area contributed by atoms with E-state index in [0.717, 1.165) is 16.8 Å². The Hall–Kier alpha value is -1.65. The van der Waals surface area contributed by atoms with E-state index in [1.807, 2.05) is 19.9 Å². The molecule has 0 saturated carbocycles. The fourth-order valence-corrected chi connectivity index (χ4v) is 1.93. The molecule has 2 N–H and O–H groups in total. The molecule has 0 aliphatic heterocycles. The quantitative estimate of drug-likeness (QED) is 0.932. The summed E-state index contributed by atoms with van der Waals surface area (Å²) in [7, 11) is 0. The highest BCUT2D eigenvalue weighted by molar-refractivity contribution is 6.30. The van der Waals surface area contributed by atoms with Crippen LogP contribution in [0, 0.1) is 19.7 Å². The molecule has 100 valence electrons. The van der Waals surface area contributed by atoms with Gasteiger partial charge in [-0.05, 0) is 37.6 Å². The average molecular weight is 281 g/mol. The third kappa shape index (κ3) is 3.03. The van der Waals surface area contributed by atoms with E-state index in [1.54, 1.807) is 6.07 Å². The first-order valence-electron chi connectivity index (χ1n) is 5.81. The van der Waals surface area contributed by atoms with Gasteiger partial charge < -0.3 is 10.5 Å². The van der Waals surface area contributed by atoms with Crippen molar-refractivity contribution in [2.75, 3.05) is 0 Å². The van der Waals surface area contributed by atoms with Crippen LogP contribution in [0.5, 0.6) is 11.6 Å². The second-order valence-electron chi connectivity index (χ2n) is 4.25. The van der Waals surface area contributed by atoms with Crippen molar-refractivity contribution in [2.24, 2.45) is 5.73 Å². The molecular formula is C14H14ClFN2O. The van der Waals surface area contributed by atoms with Gasteiger partial charge in [-0.1, -0.05) is 11.6 Å². The molecular weight excluding hydrogens is 267 g/mol. The number of hydrogen-bond donors (Lipinski definition) is 1. The van der Waals surface area contributed by atoms with Crippen molar-refractivity contribution < 1.29 is 9.13 Å². The molecule has 1 aromatic carbocycles. The Balaban J connectivity index is 2.39. The number of hydrogen-bond acceptors (Lipinski definition) is 3. The van der Waals surface area contributed by atoms with Gasteiger partial charge in [0, 0.05) is 23.9 Å². The molecule has 2 aromatic rings. The van der Waals surface area contributed by atoms with Crippen LogP contribution in [0.2, 0.25) is 5.02 Å². The van der Waals surface area contributed by atoms with Crippen LogP contribution in [0.25, 0.3) is 0 Å². The molecule has 0 radical (unpaired) electrons. The van der Waals surface area contributed by atoms with Crippen LogP contribution in [0.15, 0.2) is 24.3 Å². The zero-order valence-electron chi connectivity index (χ0n) is 10.7. The van der Waals surface area contributed by atoms with Crippen molar-refractivity contribution in [1.82, 2.24) is 4.98 Å². The molecule has 0 fully saturated rings. The van der Waals surface area contributed by atoms with Crippen molar-refractivity contribution in [3.63, 3.8) is 0 Å². The molecule has 3 nitrogen and oxygen atoms in total. The number of benzene rings is 1. The first-order valence-corrected chi connectivity index (χ1v) is 6.19. The Morgan fingerprint density at radius 1 is 1.32 bits per heavy atom. The molecule has 1 heterocycles. The number of aryl methyl sites for hydroxylation is 2. The average Bonchev–Trinajstić information content (AvgIpc) is 2.33. The van der Waals surface area contributed by atoms with E-state index < -0.39 is 5.82 Å². The molecule has 19 heavy (non-hydrogen) atoms. The first kappa shape index (κ1) is 13.8. The monoisotopic (exact) mass is 280 g/mol. The Morgan fingerprint density at radius 2 is 2.05 bits per heavy atom. The third-order valence-electron chi connectivity index (χ3n) is 2.75. The standard InChI is InChI=1S/C14H14ClFN2O/c1-8-5-9(2)18-14(11(8)7-17)19-10-3-4-12(15)13(16)6-10/h3-6H,7,17H2,1-2H3. The van der Waals surface area contributed by atoms with Crippen LogP contribution in [0.4, 0.5) is 4.39 Å². The van der Waals surface area contributed by atoms with Crippen molar-refractivity contribution in [1.29, 1.82) is 0 Å². The highest BCUT2D eigenvalue weighted by Gasteiger charge is 2.11. The zero-order valence-corrected chi connectivity index (χ0v) is 11.5. The van der Waals surface area contributed by atoms with Crippen LogP contribution in [0.3, 0.4) is 0 Å². The van der Waals surface area contributed by atoms with Crippen molar-refractivity contribution >= 4 is 11.6 Å². The molecule has 5 heteroatoms. The van der Waals surface area contributed by atoms with Gasteiger partial charge in [0.2, 0.25) is 5.88 Å². The van der Waals surface area contributed by atoms with Crippen LogP contribution >= 0.6 is 11.6 Å². The molecule has 2 rings (SSSR count). The van der Waals surface area contributed by atoms with Crippen LogP contribution in [0.1, 0.15) is 16.8 Å². The summed E-state index contributed by atoms with van der Waals surface area (Å²) in [6.45, 7) is 4.11. The molecule has 0 atom stereocenters. The number of nitrogens with zero attached hydrogens (tertiary/aromatic N) is 1. The fourth-order valence-electron chi connectivity index (χ4n) is 1.81. The van der Waals surface area contributed by atoms with Gasteiger partial charge in [-0.2, -0.15) is 0 Å². The van der Waals surface area contributed by atoms with E-state index in [9.17, 15) is 4.39 Å². The number of nitrogens with two attached hydrogens (primary N) is 1. The van der Waals surface area contributed by atoms with Crippen molar-refractivity contribution in [2.45, 2.75) is 20.4 Å². The predicted octanol–water partition coefficient (Wildman–Crippen LogP) is 3.74. The van der Waals surface area contributed by atoms with Gasteiger partial charge in [-0.25, -0.2) is 9.37 Å². The van der Waals surface area contributed by atoms with Crippen LogP contribution in [-0.4, -0.2) is 4.98 Å². The minimum absolute atomic E-state index is 0.0554. The van der Waals surface area contributed by atoms with E-state index in [1.165, 1.54) is 12.1 Å². The molecule has 0 unspecified atom stereocenters. The first-order chi connectivity index (χ1) is 9.01. The number of pyridine rings is 1. The third-order valence-corrected chi connectivity index (χ3v) is 3.05. The maximum atomic E-state index is 13.4. The molecule has 0 amide bonds. The lowest BCUT2D eigenvalue weighted by Gasteiger charge is -2.12. The number of ether oxygens (including phenoxy) is 1. The van der Waals surface area contributed by atoms with Gasteiger partial charge in [-0.15, -0.1) is 0 Å². The number of aromatic nitrogens is 1. The van der Waals surface area contributed by atoms with Gasteiger partial charge >= 0.3 is 0 Å². The molecule has 1 aromatic heterocycles. The smallest absolute Gasteiger partial charge is 0.224 e. The highest BCUT2D eigenvalue weighted by atomic mass is 35.5. The Morgan fingerprint density at radius 3 is 2.68 bits per heavy atom. The summed E-state index contributed by atoms with van der Waals surface area (Å²) < 4.78 is 19.0. The van der Waals surface area contributed by atoms with E-state index in [0.29, 0.717) is 18.2 Å². The lowest BCUT2D eigenvalue weighted by molar-refractivity contribution is 0.450. The molecule has 0 aliphatic rings. The maximum Gasteiger partial charge on any atom is 0.224 e. The summed E-state index contributed by atoms with van der Waals surface area (Å²) in [6.07, 6.45) is 0. The lowest BCUT2D eigenvalue weighted by Crippen LogP contribution is -2.05. The molecule has 0 bridgehead atoms. The Bertz CT molecular complexity index is 617. The maximum absolute atomic E-state index is 13.4. The minimum atomic E-state index is -0.530. The number of halogens is 2. The lowest BCUT2D eigenvalue weighted by atomic mass is 10.1. The molecule has 0 spiro atoms. The highest BCUT2D eigenvalue weighted by Crippen LogP contribution is 2.28. The summed E-state index contributed by atoms with van der Waals surface area (Å²) >= 11 is 5.63. The Kier molecular flexibility index (Phi) is 4.02. The summed E-state index contributed by atoms with van der Waals surface area (Å²) in [5, 5.41) is 0.0554. The fraction of sp³-hybridized carbons (Fsp3) is 0.214. The van der Waals surface area contributed by atoms with Crippen LogP contribution in [-0.2, 0) is 6.54 Å². The summed E-state index contributed by atoms with van der Waals surface area (Å²) in [5.74, 6) is 0.216. The van der Waals surface area contributed by atoms with Crippen LogP contribution < -0.4 is 10.5 Å². The van der Waals surface area contributed by atoms with E-state index in [-0.39, 0.29) is 5.02 Å². The molecule has 0 saturated heterocycles. The van der Waals surface area contributed by atoms with E-state index >= 15 is 0 Å². The SMILES string of the molecule is Cc1cc(C)c(CN)c(Oc2ccc(Cl)c(F)c2)n1. The van der Waals surface area contributed by atoms with E-state index in [4.69, 9.17) is 22.1 Å².